The zero-order valence-electron chi connectivity index (χ0n) is 8.74. The highest BCUT2D eigenvalue weighted by Gasteiger charge is 2.11. The molecule has 0 spiro atoms. The van der Waals surface area contributed by atoms with Crippen LogP contribution in [0.4, 0.5) is 5.69 Å². The minimum atomic E-state index is -4.02. The summed E-state index contributed by atoms with van der Waals surface area (Å²) < 4.78 is 29.4. The van der Waals surface area contributed by atoms with Gasteiger partial charge in [0.2, 0.25) is 0 Å². The van der Waals surface area contributed by atoms with Gasteiger partial charge in [0.15, 0.2) is 0 Å². The number of nitro benzene ring substituents is 1. The lowest BCUT2D eigenvalue weighted by Crippen LogP contribution is -2.04. The van der Waals surface area contributed by atoms with E-state index < -0.39 is 20.8 Å². The summed E-state index contributed by atoms with van der Waals surface area (Å²) in [5.74, 6) is -0.668. The second-order valence-corrected chi connectivity index (χ2v) is 5.03. The molecule has 2 N–H and O–H groups in total. The fourth-order valence-corrected chi connectivity index (χ4v) is 1.83. The van der Waals surface area contributed by atoms with Gasteiger partial charge in [-0.25, -0.2) is 0 Å². The molecular weight excluding hydrogens is 250 g/mol. The minimum absolute atomic E-state index is 0.129. The van der Waals surface area contributed by atoms with Crippen LogP contribution in [0.25, 0.3) is 0 Å². The van der Waals surface area contributed by atoms with E-state index >= 15 is 0 Å². The Morgan fingerprint density at radius 1 is 1.35 bits per heavy atom. The summed E-state index contributed by atoms with van der Waals surface area (Å²) in [7, 11) is -4.02. The van der Waals surface area contributed by atoms with E-state index in [4.69, 9.17) is 4.55 Å². The van der Waals surface area contributed by atoms with Gasteiger partial charge in [-0.1, -0.05) is 0 Å². The third-order valence-corrected chi connectivity index (χ3v) is 2.93. The largest absolute Gasteiger partial charge is 0.507 e. The van der Waals surface area contributed by atoms with Crippen molar-refractivity contribution in [2.24, 2.45) is 0 Å². The number of aromatic hydroxyl groups is 1. The Bertz CT molecular complexity index is 524. The molecule has 0 radical (unpaired) electrons. The molecule has 1 rings (SSSR count). The highest BCUT2D eigenvalue weighted by atomic mass is 32.2. The van der Waals surface area contributed by atoms with Gasteiger partial charge in [0.25, 0.3) is 15.8 Å². The molecule has 0 heterocycles. The van der Waals surface area contributed by atoms with E-state index in [2.05, 4.69) is 0 Å². The molecular formula is C9H11NO6S. The molecule has 0 aliphatic carbocycles. The fraction of sp³-hybridized carbons (Fsp3) is 0.333. The Balaban J connectivity index is 2.70. The van der Waals surface area contributed by atoms with Gasteiger partial charge < -0.3 is 5.11 Å². The third kappa shape index (κ3) is 4.37. The minimum Gasteiger partial charge on any atom is -0.507 e. The molecule has 0 bridgehead atoms. The molecule has 0 fully saturated rings. The van der Waals surface area contributed by atoms with Gasteiger partial charge in [-0.15, -0.1) is 0 Å². The maximum Gasteiger partial charge on any atom is 0.273 e. The maximum atomic E-state index is 10.5. The molecule has 94 valence electrons. The first kappa shape index (κ1) is 13.4. The van der Waals surface area contributed by atoms with Crippen molar-refractivity contribution in [3.63, 3.8) is 0 Å². The number of nitro groups is 1. The summed E-state index contributed by atoms with van der Waals surface area (Å²) in [6, 6.07) is 3.59. The molecule has 1 aromatic carbocycles. The summed E-state index contributed by atoms with van der Waals surface area (Å²) in [6.45, 7) is 0. The number of non-ortho nitro benzene ring substituents is 1. The molecule has 1 aromatic rings. The molecule has 0 aliphatic heterocycles. The van der Waals surface area contributed by atoms with Crippen LogP contribution >= 0.6 is 0 Å². The third-order valence-electron chi connectivity index (χ3n) is 2.13. The van der Waals surface area contributed by atoms with Crippen LogP contribution in [-0.2, 0) is 16.5 Å². The summed E-state index contributed by atoms with van der Waals surface area (Å²) >= 11 is 0. The number of hydrogen-bond acceptors (Lipinski definition) is 5. The predicted molar refractivity (Wildman–Crippen MR) is 59.5 cm³/mol. The summed E-state index contributed by atoms with van der Waals surface area (Å²) in [4.78, 5) is 9.75. The van der Waals surface area contributed by atoms with Crippen LogP contribution in [0.15, 0.2) is 18.2 Å². The summed E-state index contributed by atoms with van der Waals surface area (Å²) in [5, 5.41) is 19.8. The maximum absolute atomic E-state index is 10.5. The van der Waals surface area contributed by atoms with Crippen molar-refractivity contribution in [1.29, 1.82) is 0 Å². The number of rotatable bonds is 5. The quantitative estimate of drug-likeness (QED) is 0.466. The van der Waals surface area contributed by atoms with Gasteiger partial charge >= 0.3 is 0 Å². The molecule has 0 saturated heterocycles. The number of aryl methyl sites for hydroxylation is 1. The van der Waals surface area contributed by atoms with Crippen LogP contribution < -0.4 is 0 Å². The average Bonchev–Trinajstić information content (AvgIpc) is 2.18. The molecule has 17 heavy (non-hydrogen) atoms. The zero-order valence-corrected chi connectivity index (χ0v) is 9.55. The van der Waals surface area contributed by atoms with Crippen LogP contribution in [0.1, 0.15) is 12.0 Å². The van der Waals surface area contributed by atoms with Crippen molar-refractivity contribution >= 4 is 15.8 Å². The lowest BCUT2D eigenvalue weighted by molar-refractivity contribution is -0.384. The van der Waals surface area contributed by atoms with E-state index in [9.17, 15) is 23.6 Å². The molecule has 0 atom stereocenters. The van der Waals surface area contributed by atoms with Crippen molar-refractivity contribution in [2.45, 2.75) is 12.8 Å². The normalized spacial score (nSPS) is 11.4. The van der Waals surface area contributed by atoms with Gasteiger partial charge in [-0.2, -0.15) is 8.42 Å². The van der Waals surface area contributed by atoms with E-state index in [0.717, 1.165) is 6.07 Å². The first-order valence-corrected chi connectivity index (χ1v) is 6.32. The molecule has 0 saturated carbocycles. The highest BCUT2D eigenvalue weighted by Crippen LogP contribution is 2.24. The van der Waals surface area contributed by atoms with Crippen molar-refractivity contribution < 1.29 is 23.0 Å². The lowest BCUT2D eigenvalue weighted by atomic mass is 10.1. The van der Waals surface area contributed by atoms with Gasteiger partial charge in [-0.05, 0) is 24.5 Å². The second kappa shape index (κ2) is 5.11. The molecule has 8 heteroatoms. The second-order valence-electron chi connectivity index (χ2n) is 3.46. The number of phenolic OH excluding ortho intramolecular Hbond substituents is 1. The topological polar surface area (TPSA) is 118 Å². The molecule has 7 nitrogen and oxygen atoms in total. The van der Waals surface area contributed by atoms with E-state index in [1.54, 1.807) is 0 Å². The van der Waals surface area contributed by atoms with E-state index in [-0.39, 0.29) is 24.3 Å². The van der Waals surface area contributed by atoms with Crippen LogP contribution in [-0.4, -0.2) is 28.8 Å². The molecule has 0 aliphatic rings. The number of benzene rings is 1. The predicted octanol–water partition coefficient (Wildman–Crippen LogP) is 1.12. The van der Waals surface area contributed by atoms with E-state index in [1.165, 1.54) is 12.1 Å². The smallest absolute Gasteiger partial charge is 0.273 e. The van der Waals surface area contributed by atoms with Gasteiger partial charge in [0.05, 0.1) is 16.7 Å². The fourth-order valence-electron chi connectivity index (χ4n) is 1.32. The highest BCUT2D eigenvalue weighted by molar-refractivity contribution is 7.85. The Labute approximate surface area is 97.6 Å². The average molecular weight is 261 g/mol. The van der Waals surface area contributed by atoms with Gasteiger partial charge in [-0.3, -0.25) is 14.7 Å². The summed E-state index contributed by atoms with van der Waals surface area (Å²) in [5.41, 5.74) is 0.167. The first-order chi connectivity index (χ1) is 7.79. The number of phenols is 1. The Morgan fingerprint density at radius 3 is 2.47 bits per heavy atom. The van der Waals surface area contributed by atoms with Gasteiger partial charge in [0.1, 0.15) is 5.75 Å². The van der Waals surface area contributed by atoms with Crippen molar-refractivity contribution in [3.8, 4) is 5.75 Å². The molecule has 0 amide bonds. The SMILES string of the molecule is O=[N+]([O-])c1ccc(CCCS(=O)(=O)O)c(O)c1. The molecule has 0 unspecified atom stereocenters. The lowest BCUT2D eigenvalue weighted by Gasteiger charge is -2.03. The van der Waals surface area contributed by atoms with E-state index in [1.807, 2.05) is 0 Å². The summed E-state index contributed by atoms with van der Waals surface area (Å²) in [6.07, 6.45) is 0.341. The van der Waals surface area contributed by atoms with Crippen LogP contribution in [0.3, 0.4) is 0 Å². The zero-order chi connectivity index (χ0) is 13.1. The Kier molecular flexibility index (Phi) is 4.02. The number of hydrogen-bond donors (Lipinski definition) is 2. The van der Waals surface area contributed by atoms with Crippen LogP contribution in [0.5, 0.6) is 5.75 Å². The Hall–Kier alpha value is -1.67. The standard InChI is InChI=1S/C9H11NO6S/c11-9-6-8(10(12)13)4-3-7(9)2-1-5-17(14,15)16/h3-4,6,11H,1-2,5H2,(H,14,15,16). The van der Waals surface area contributed by atoms with Crippen molar-refractivity contribution in [2.75, 3.05) is 5.75 Å². The van der Waals surface area contributed by atoms with Gasteiger partial charge in [0, 0.05) is 6.07 Å². The van der Waals surface area contributed by atoms with Crippen LogP contribution in [0.2, 0.25) is 0 Å². The van der Waals surface area contributed by atoms with E-state index in [0.29, 0.717) is 5.56 Å². The van der Waals surface area contributed by atoms with Crippen molar-refractivity contribution in [3.05, 3.63) is 33.9 Å². The number of nitrogens with zero attached hydrogens (tertiary/aromatic N) is 1. The monoisotopic (exact) mass is 261 g/mol. The molecule has 0 aromatic heterocycles. The first-order valence-electron chi connectivity index (χ1n) is 4.71. The van der Waals surface area contributed by atoms with Crippen LogP contribution in [0, 0.1) is 10.1 Å². The Morgan fingerprint density at radius 2 is 2.00 bits per heavy atom. The van der Waals surface area contributed by atoms with Crippen molar-refractivity contribution in [1.82, 2.24) is 0 Å².